The lowest BCUT2D eigenvalue weighted by atomic mass is 9.98. The summed E-state index contributed by atoms with van der Waals surface area (Å²) < 4.78 is 10.4. The molecule has 0 unspecified atom stereocenters. The van der Waals surface area contributed by atoms with Gasteiger partial charge in [0.25, 0.3) is 0 Å². The van der Waals surface area contributed by atoms with Gasteiger partial charge in [0.15, 0.2) is 0 Å². The summed E-state index contributed by atoms with van der Waals surface area (Å²) in [7, 11) is 1.64. The van der Waals surface area contributed by atoms with Crippen LogP contribution in [0, 0.1) is 0 Å². The van der Waals surface area contributed by atoms with Crippen molar-refractivity contribution >= 4 is 5.97 Å². The van der Waals surface area contributed by atoms with Crippen LogP contribution in [0.3, 0.4) is 0 Å². The predicted octanol–water partition coefficient (Wildman–Crippen LogP) is 3.93. The van der Waals surface area contributed by atoms with E-state index >= 15 is 0 Å². The molecule has 0 amide bonds. The van der Waals surface area contributed by atoms with Crippen LogP contribution < -0.4 is 4.74 Å². The first-order valence-corrected chi connectivity index (χ1v) is 7.02. The number of carbonyl (C=O) groups excluding carboxylic acids is 1. The molecule has 0 fully saturated rings. The Labute approximate surface area is 125 Å². The second-order valence-electron chi connectivity index (χ2n) is 5.02. The molecule has 3 heteroatoms. The lowest BCUT2D eigenvalue weighted by molar-refractivity contribution is -0.145. The number of rotatable bonds is 6. The smallest absolute Gasteiger partial charge is 0.306 e. The van der Waals surface area contributed by atoms with E-state index in [2.05, 4.69) is 0 Å². The Morgan fingerprint density at radius 3 is 2.33 bits per heavy atom. The van der Waals surface area contributed by atoms with Crippen LogP contribution in [-0.2, 0) is 16.1 Å². The van der Waals surface area contributed by atoms with Crippen molar-refractivity contribution in [1.29, 1.82) is 0 Å². The largest absolute Gasteiger partial charge is 0.497 e. The number of methoxy groups -OCH3 is 1. The lowest BCUT2D eigenvalue weighted by Crippen LogP contribution is -2.08. The normalized spacial score (nSPS) is 11.7. The quantitative estimate of drug-likeness (QED) is 0.754. The molecule has 0 radical (unpaired) electrons. The molecular formula is C18H20O3. The SMILES string of the molecule is COc1ccc([C@H](C)CC(=O)OCc2ccccc2)cc1. The van der Waals surface area contributed by atoms with Crippen molar-refractivity contribution < 1.29 is 14.3 Å². The molecule has 0 bridgehead atoms. The van der Waals surface area contributed by atoms with E-state index < -0.39 is 0 Å². The monoisotopic (exact) mass is 284 g/mol. The summed E-state index contributed by atoms with van der Waals surface area (Å²) in [4.78, 5) is 11.9. The van der Waals surface area contributed by atoms with Crippen molar-refractivity contribution in [3.05, 3.63) is 65.7 Å². The third-order valence-electron chi connectivity index (χ3n) is 3.40. The summed E-state index contributed by atoms with van der Waals surface area (Å²) in [6.45, 7) is 2.35. The molecule has 21 heavy (non-hydrogen) atoms. The van der Waals surface area contributed by atoms with E-state index in [1.54, 1.807) is 7.11 Å². The Balaban J connectivity index is 1.83. The highest BCUT2D eigenvalue weighted by molar-refractivity contribution is 5.70. The highest BCUT2D eigenvalue weighted by Crippen LogP contribution is 2.22. The molecule has 2 aromatic carbocycles. The van der Waals surface area contributed by atoms with Crippen LogP contribution in [0.5, 0.6) is 5.75 Å². The van der Waals surface area contributed by atoms with Gasteiger partial charge in [0.1, 0.15) is 12.4 Å². The van der Waals surface area contributed by atoms with E-state index in [1.165, 1.54) is 0 Å². The molecule has 2 rings (SSSR count). The molecule has 0 aliphatic rings. The average molecular weight is 284 g/mol. The van der Waals surface area contributed by atoms with Gasteiger partial charge in [-0.3, -0.25) is 4.79 Å². The number of ether oxygens (including phenoxy) is 2. The van der Waals surface area contributed by atoms with Crippen molar-refractivity contribution in [1.82, 2.24) is 0 Å². The van der Waals surface area contributed by atoms with Crippen LogP contribution in [0.25, 0.3) is 0 Å². The average Bonchev–Trinajstić information content (AvgIpc) is 2.54. The van der Waals surface area contributed by atoms with Crippen LogP contribution in [0.1, 0.15) is 30.4 Å². The molecule has 0 N–H and O–H groups in total. The van der Waals surface area contributed by atoms with Crippen molar-refractivity contribution in [3.8, 4) is 5.75 Å². The first-order chi connectivity index (χ1) is 10.2. The minimum Gasteiger partial charge on any atom is -0.497 e. The summed E-state index contributed by atoms with van der Waals surface area (Å²) in [6.07, 6.45) is 0.374. The molecular weight excluding hydrogens is 264 g/mol. The Hall–Kier alpha value is -2.29. The van der Waals surface area contributed by atoms with Gasteiger partial charge in [0.05, 0.1) is 13.5 Å². The fourth-order valence-electron chi connectivity index (χ4n) is 2.10. The molecule has 3 nitrogen and oxygen atoms in total. The topological polar surface area (TPSA) is 35.5 Å². The van der Waals surface area contributed by atoms with Crippen LogP contribution in [0.4, 0.5) is 0 Å². The summed E-state index contributed by atoms with van der Waals surface area (Å²) in [5.41, 5.74) is 2.11. The van der Waals surface area contributed by atoms with Gasteiger partial charge in [-0.1, -0.05) is 49.4 Å². The van der Waals surface area contributed by atoms with E-state index in [0.717, 1.165) is 16.9 Å². The first kappa shape index (κ1) is 15.1. The molecule has 0 heterocycles. The molecule has 0 aromatic heterocycles. The van der Waals surface area contributed by atoms with E-state index in [0.29, 0.717) is 13.0 Å². The van der Waals surface area contributed by atoms with Gasteiger partial charge in [0, 0.05) is 0 Å². The Morgan fingerprint density at radius 1 is 1.05 bits per heavy atom. The van der Waals surface area contributed by atoms with Crippen LogP contribution in [-0.4, -0.2) is 13.1 Å². The van der Waals surface area contributed by atoms with Crippen molar-refractivity contribution in [3.63, 3.8) is 0 Å². The molecule has 0 aliphatic heterocycles. The van der Waals surface area contributed by atoms with E-state index in [1.807, 2.05) is 61.5 Å². The van der Waals surface area contributed by atoms with Gasteiger partial charge in [0.2, 0.25) is 0 Å². The molecule has 0 saturated heterocycles. The Kier molecular flexibility index (Phi) is 5.38. The fourth-order valence-corrected chi connectivity index (χ4v) is 2.10. The zero-order chi connectivity index (χ0) is 15.1. The highest BCUT2D eigenvalue weighted by Gasteiger charge is 2.12. The maximum absolute atomic E-state index is 11.9. The number of hydrogen-bond acceptors (Lipinski definition) is 3. The summed E-state index contributed by atoms with van der Waals surface area (Å²) >= 11 is 0. The molecule has 110 valence electrons. The maximum atomic E-state index is 11.9. The second kappa shape index (κ2) is 7.48. The zero-order valence-corrected chi connectivity index (χ0v) is 12.4. The third kappa shape index (κ3) is 4.63. The standard InChI is InChI=1S/C18H20O3/c1-14(16-8-10-17(20-2)11-9-16)12-18(19)21-13-15-6-4-3-5-7-15/h3-11,14H,12-13H2,1-2H3/t14-/m1/s1. The Bertz CT molecular complexity index is 561. The summed E-state index contributed by atoms with van der Waals surface area (Å²) in [5.74, 6) is 0.763. The molecule has 0 saturated carbocycles. The minimum atomic E-state index is -0.179. The van der Waals surface area contributed by atoms with Crippen molar-refractivity contribution in [2.24, 2.45) is 0 Å². The fraction of sp³-hybridized carbons (Fsp3) is 0.278. The second-order valence-corrected chi connectivity index (χ2v) is 5.02. The van der Waals surface area contributed by atoms with Gasteiger partial charge >= 0.3 is 5.97 Å². The zero-order valence-electron chi connectivity index (χ0n) is 12.4. The lowest BCUT2D eigenvalue weighted by Gasteiger charge is -2.12. The van der Waals surface area contributed by atoms with Gasteiger partial charge < -0.3 is 9.47 Å². The molecule has 0 spiro atoms. The predicted molar refractivity (Wildman–Crippen MR) is 82.3 cm³/mol. The number of esters is 1. The number of carbonyl (C=O) groups is 1. The Morgan fingerprint density at radius 2 is 1.71 bits per heavy atom. The number of benzene rings is 2. The minimum absolute atomic E-state index is 0.124. The number of hydrogen-bond donors (Lipinski definition) is 0. The molecule has 1 atom stereocenters. The van der Waals surface area contributed by atoms with Gasteiger partial charge in [-0.05, 0) is 29.2 Å². The van der Waals surface area contributed by atoms with Gasteiger partial charge in [-0.15, -0.1) is 0 Å². The van der Waals surface area contributed by atoms with E-state index in [-0.39, 0.29) is 11.9 Å². The van der Waals surface area contributed by atoms with Crippen molar-refractivity contribution in [2.45, 2.75) is 25.9 Å². The van der Waals surface area contributed by atoms with Gasteiger partial charge in [-0.2, -0.15) is 0 Å². The third-order valence-corrected chi connectivity index (χ3v) is 3.40. The van der Waals surface area contributed by atoms with Crippen LogP contribution in [0.15, 0.2) is 54.6 Å². The first-order valence-electron chi connectivity index (χ1n) is 7.02. The van der Waals surface area contributed by atoms with Crippen molar-refractivity contribution in [2.75, 3.05) is 7.11 Å². The summed E-state index contributed by atoms with van der Waals surface area (Å²) in [5, 5.41) is 0. The van der Waals surface area contributed by atoms with E-state index in [9.17, 15) is 4.79 Å². The van der Waals surface area contributed by atoms with Crippen LogP contribution in [0.2, 0.25) is 0 Å². The summed E-state index contributed by atoms with van der Waals surface area (Å²) in [6, 6.07) is 17.5. The molecule has 2 aromatic rings. The van der Waals surface area contributed by atoms with Crippen LogP contribution >= 0.6 is 0 Å². The molecule has 0 aliphatic carbocycles. The van der Waals surface area contributed by atoms with E-state index in [4.69, 9.17) is 9.47 Å². The van der Waals surface area contributed by atoms with Gasteiger partial charge in [-0.25, -0.2) is 0 Å². The highest BCUT2D eigenvalue weighted by atomic mass is 16.5. The maximum Gasteiger partial charge on any atom is 0.306 e.